The lowest BCUT2D eigenvalue weighted by atomic mass is 10.0. The molecule has 0 radical (unpaired) electrons. The average molecular weight is 262 g/mol. The summed E-state index contributed by atoms with van der Waals surface area (Å²) in [5, 5.41) is 0. The fraction of sp³-hybridized carbons (Fsp3) is 0.667. The Morgan fingerprint density at radius 3 is 2.84 bits per heavy atom. The molecule has 2 atom stereocenters. The summed E-state index contributed by atoms with van der Waals surface area (Å²) >= 11 is 0. The van der Waals surface area contributed by atoms with Crippen LogP contribution in [0.2, 0.25) is 0 Å². The van der Waals surface area contributed by atoms with Crippen molar-refractivity contribution in [3.8, 4) is 0 Å². The molecule has 1 aromatic heterocycles. The molecule has 19 heavy (non-hydrogen) atoms. The molecule has 0 aromatic carbocycles. The minimum absolute atomic E-state index is 0.0601. The van der Waals surface area contributed by atoms with E-state index in [1.165, 1.54) is 18.5 Å². The Kier molecular flexibility index (Phi) is 4.77. The maximum absolute atomic E-state index is 6.00. The number of pyridine rings is 1. The van der Waals surface area contributed by atoms with Crippen LogP contribution in [0, 0.1) is 0 Å². The second kappa shape index (κ2) is 6.35. The Labute approximate surface area is 116 Å². The molecule has 2 N–H and O–H groups in total. The molecule has 2 rings (SSSR count). The van der Waals surface area contributed by atoms with Gasteiger partial charge in [-0.15, -0.1) is 0 Å². The highest BCUT2D eigenvalue weighted by atomic mass is 15.2. The van der Waals surface area contributed by atoms with Crippen LogP contribution in [-0.4, -0.2) is 43.1 Å². The molecule has 0 spiro atoms. The van der Waals surface area contributed by atoms with Gasteiger partial charge in [0.05, 0.1) is 17.6 Å². The van der Waals surface area contributed by atoms with Gasteiger partial charge >= 0.3 is 0 Å². The first-order valence-corrected chi connectivity index (χ1v) is 7.24. The number of anilines is 1. The van der Waals surface area contributed by atoms with E-state index in [4.69, 9.17) is 5.73 Å². The zero-order valence-corrected chi connectivity index (χ0v) is 12.3. The quantitative estimate of drug-likeness (QED) is 0.902. The molecular formula is C15H26N4. The highest BCUT2D eigenvalue weighted by molar-refractivity contribution is 5.45. The van der Waals surface area contributed by atoms with Crippen LogP contribution in [0.4, 0.5) is 5.69 Å². The molecule has 2 heterocycles. The molecule has 1 unspecified atom stereocenters. The number of hydrogen-bond acceptors (Lipinski definition) is 4. The van der Waals surface area contributed by atoms with Crippen molar-refractivity contribution >= 4 is 5.69 Å². The first-order valence-electron chi connectivity index (χ1n) is 7.24. The summed E-state index contributed by atoms with van der Waals surface area (Å²) in [5.41, 5.74) is 8.22. The molecule has 0 amide bonds. The third-order valence-electron chi connectivity index (χ3n) is 4.08. The third kappa shape index (κ3) is 3.45. The van der Waals surface area contributed by atoms with Crippen molar-refractivity contribution in [3.63, 3.8) is 0 Å². The van der Waals surface area contributed by atoms with Crippen LogP contribution in [0.25, 0.3) is 0 Å². The second-order valence-electron chi connectivity index (χ2n) is 5.66. The van der Waals surface area contributed by atoms with Crippen molar-refractivity contribution in [3.05, 3.63) is 24.0 Å². The van der Waals surface area contributed by atoms with Crippen LogP contribution >= 0.6 is 0 Å². The van der Waals surface area contributed by atoms with E-state index in [1.807, 2.05) is 6.20 Å². The molecule has 1 aliphatic heterocycles. The van der Waals surface area contributed by atoms with E-state index in [1.54, 1.807) is 0 Å². The summed E-state index contributed by atoms with van der Waals surface area (Å²) in [6, 6.07) is 4.94. The minimum atomic E-state index is 0.0601. The summed E-state index contributed by atoms with van der Waals surface area (Å²) in [7, 11) is 4.32. The van der Waals surface area contributed by atoms with Gasteiger partial charge in [0.15, 0.2) is 0 Å². The Morgan fingerprint density at radius 1 is 1.47 bits per heavy atom. The van der Waals surface area contributed by atoms with E-state index in [2.05, 4.69) is 47.9 Å². The summed E-state index contributed by atoms with van der Waals surface area (Å²) in [6.45, 7) is 4.31. The van der Waals surface area contributed by atoms with Crippen LogP contribution in [0.3, 0.4) is 0 Å². The molecule has 4 heteroatoms. The Hall–Kier alpha value is -1.13. The zero-order chi connectivity index (χ0) is 13.8. The van der Waals surface area contributed by atoms with Crippen molar-refractivity contribution in [2.24, 2.45) is 5.73 Å². The molecule has 1 aliphatic rings. The van der Waals surface area contributed by atoms with Crippen LogP contribution in [0.15, 0.2) is 18.3 Å². The van der Waals surface area contributed by atoms with Crippen molar-refractivity contribution in [1.82, 2.24) is 9.88 Å². The number of nitrogens with zero attached hydrogens (tertiary/aromatic N) is 3. The molecule has 106 valence electrons. The number of piperidine rings is 1. The lowest BCUT2D eigenvalue weighted by Crippen LogP contribution is -2.45. The summed E-state index contributed by atoms with van der Waals surface area (Å²) in [5.74, 6) is 0. The standard InChI is InChI=1S/C15H26N4/c1-4-14(16)15-8-7-12(10-17-15)19-9-5-6-13(11-19)18(2)3/h7-8,10,13-14H,4-6,9,11,16H2,1-3H3/t13?,14-/m1/s1. The van der Waals surface area contributed by atoms with Crippen LogP contribution in [0.5, 0.6) is 0 Å². The Morgan fingerprint density at radius 2 is 2.26 bits per heavy atom. The van der Waals surface area contributed by atoms with Gasteiger partial charge in [-0.25, -0.2) is 0 Å². The van der Waals surface area contributed by atoms with Gasteiger partial charge in [0.2, 0.25) is 0 Å². The molecule has 4 nitrogen and oxygen atoms in total. The molecule has 0 saturated carbocycles. The SMILES string of the molecule is CC[C@@H](N)c1ccc(N2CCCC(N(C)C)C2)cn1. The summed E-state index contributed by atoms with van der Waals surface area (Å²) in [6.07, 6.45) is 5.44. The van der Waals surface area contributed by atoms with Gasteiger partial charge in [-0.05, 0) is 45.5 Å². The normalized spacial score (nSPS) is 21.7. The number of aromatic nitrogens is 1. The van der Waals surface area contributed by atoms with E-state index in [9.17, 15) is 0 Å². The molecule has 1 saturated heterocycles. The predicted octanol–water partition coefficient (Wildman–Crippen LogP) is 2.02. The fourth-order valence-corrected chi connectivity index (χ4v) is 2.62. The number of hydrogen-bond donors (Lipinski definition) is 1. The van der Waals surface area contributed by atoms with E-state index in [0.717, 1.165) is 25.2 Å². The fourth-order valence-electron chi connectivity index (χ4n) is 2.62. The number of likely N-dealkylation sites (N-methyl/N-ethyl adjacent to an activating group) is 1. The van der Waals surface area contributed by atoms with Crippen molar-refractivity contribution in [2.45, 2.75) is 38.3 Å². The summed E-state index contributed by atoms with van der Waals surface area (Å²) < 4.78 is 0. The van der Waals surface area contributed by atoms with Crippen LogP contribution in [0.1, 0.15) is 37.9 Å². The maximum atomic E-state index is 6.00. The number of nitrogens with two attached hydrogens (primary N) is 1. The van der Waals surface area contributed by atoms with E-state index >= 15 is 0 Å². The van der Waals surface area contributed by atoms with Crippen LogP contribution in [-0.2, 0) is 0 Å². The third-order valence-corrected chi connectivity index (χ3v) is 4.08. The smallest absolute Gasteiger partial charge is 0.0572 e. The highest BCUT2D eigenvalue weighted by Gasteiger charge is 2.21. The maximum Gasteiger partial charge on any atom is 0.0572 e. The lowest BCUT2D eigenvalue weighted by molar-refractivity contribution is 0.258. The van der Waals surface area contributed by atoms with Crippen LogP contribution < -0.4 is 10.6 Å². The molecule has 1 aromatic rings. The predicted molar refractivity (Wildman–Crippen MR) is 80.4 cm³/mol. The second-order valence-corrected chi connectivity index (χ2v) is 5.66. The van der Waals surface area contributed by atoms with Crippen molar-refractivity contribution in [1.29, 1.82) is 0 Å². The monoisotopic (exact) mass is 262 g/mol. The first-order chi connectivity index (χ1) is 9.11. The van der Waals surface area contributed by atoms with E-state index in [0.29, 0.717) is 6.04 Å². The molecule has 0 bridgehead atoms. The van der Waals surface area contributed by atoms with Crippen molar-refractivity contribution < 1.29 is 0 Å². The largest absolute Gasteiger partial charge is 0.369 e. The van der Waals surface area contributed by atoms with Gasteiger partial charge in [0.1, 0.15) is 0 Å². The number of rotatable bonds is 4. The topological polar surface area (TPSA) is 45.4 Å². The van der Waals surface area contributed by atoms with Gasteiger partial charge in [-0.3, -0.25) is 4.98 Å². The highest BCUT2D eigenvalue weighted by Crippen LogP contribution is 2.22. The molecule has 0 aliphatic carbocycles. The van der Waals surface area contributed by atoms with E-state index < -0.39 is 0 Å². The summed E-state index contributed by atoms with van der Waals surface area (Å²) in [4.78, 5) is 9.27. The van der Waals surface area contributed by atoms with E-state index in [-0.39, 0.29) is 6.04 Å². The average Bonchev–Trinajstić information content (AvgIpc) is 2.46. The lowest BCUT2D eigenvalue weighted by Gasteiger charge is -2.37. The van der Waals surface area contributed by atoms with Gasteiger partial charge in [-0.1, -0.05) is 6.92 Å². The Balaban J connectivity index is 2.05. The van der Waals surface area contributed by atoms with Gasteiger partial charge in [0.25, 0.3) is 0 Å². The van der Waals surface area contributed by atoms with Gasteiger partial charge < -0.3 is 15.5 Å². The Bertz CT molecular complexity index is 388. The minimum Gasteiger partial charge on any atom is -0.369 e. The van der Waals surface area contributed by atoms with Crippen molar-refractivity contribution in [2.75, 3.05) is 32.1 Å². The molecule has 1 fully saturated rings. The van der Waals surface area contributed by atoms with Gasteiger partial charge in [0, 0.05) is 25.2 Å². The first kappa shape index (κ1) is 14.3. The zero-order valence-electron chi connectivity index (χ0n) is 12.3. The van der Waals surface area contributed by atoms with Gasteiger partial charge in [-0.2, -0.15) is 0 Å². The molecular weight excluding hydrogens is 236 g/mol.